The van der Waals surface area contributed by atoms with Crippen molar-refractivity contribution in [3.8, 4) is 23.0 Å². The number of piperidine rings is 1. The molecule has 1 atom stereocenters. The molecular formula is C26H33BrN6O4S. The molecule has 38 heavy (non-hydrogen) atoms. The Balaban J connectivity index is 1.24. The van der Waals surface area contributed by atoms with Crippen LogP contribution in [0.2, 0.25) is 0 Å². The van der Waals surface area contributed by atoms with Crippen molar-refractivity contribution in [2.45, 2.75) is 62.7 Å². The second kappa shape index (κ2) is 10.9. The van der Waals surface area contributed by atoms with Crippen LogP contribution in [0.25, 0.3) is 11.5 Å². The van der Waals surface area contributed by atoms with Gasteiger partial charge in [-0.3, -0.25) is 4.79 Å². The zero-order chi connectivity index (χ0) is 27.0. The fraction of sp³-hybridized carbons (Fsp3) is 0.538. The van der Waals surface area contributed by atoms with Gasteiger partial charge in [0, 0.05) is 29.0 Å². The van der Waals surface area contributed by atoms with Crippen LogP contribution in [0.15, 0.2) is 33.0 Å². The van der Waals surface area contributed by atoms with Crippen molar-refractivity contribution >= 4 is 39.4 Å². The summed E-state index contributed by atoms with van der Waals surface area (Å²) in [5, 5.41) is 10.9. The Kier molecular flexibility index (Phi) is 7.74. The second-order valence-electron chi connectivity index (χ2n) is 10.9. The molecule has 204 valence electrons. The topological polar surface area (TPSA) is 129 Å². The van der Waals surface area contributed by atoms with Crippen LogP contribution in [0.5, 0.6) is 11.5 Å². The molecular weight excluding hydrogens is 572 g/mol. The number of aliphatic hydroxyl groups excluding tert-OH is 1. The quantitative estimate of drug-likeness (QED) is 0.427. The average molecular weight is 606 g/mol. The Labute approximate surface area is 234 Å². The van der Waals surface area contributed by atoms with Gasteiger partial charge in [0.25, 0.3) is 5.91 Å². The summed E-state index contributed by atoms with van der Waals surface area (Å²) in [6, 6.07) is 3.83. The van der Waals surface area contributed by atoms with Crippen LogP contribution >= 0.6 is 27.7 Å². The predicted molar refractivity (Wildman–Crippen MR) is 147 cm³/mol. The number of anilines is 1. The van der Waals surface area contributed by atoms with E-state index in [1.807, 2.05) is 37.5 Å². The number of imidazole rings is 1. The molecule has 0 unspecified atom stereocenters. The van der Waals surface area contributed by atoms with Crippen molar-refractivity contribution < 1.29 is 19.4 Å². The maximum Gasteiger partial charge on any atom is 0.251 e. The molecule has 10 nitrogen and oxygen atoms in total. The first-order valence-corrected chi connectivity index (χ1v) is 14.4. The number of hydrogen-bond acceptors (Lipinski definition) is 9. The molecule has 0 radical (unpaired) electrons. The summed E-state index contributed by atoms with van der Waals surface area (Å²) >= 11 is 5.04. The number of fused-ring (bicyclic) bond motifs is 2. The lowest BCUT2D eigenvalue weighted by Crippen LogP contribution is -2.48. The molecule has 0 spiro atoms. The molecule has 5 rings (SSSR count). The fourth-order valence-corrected chi connectivity index (χ4v) is 6.03. The van der Waals surface area contributed by atoms with E-state index < -0.39 is 11.5 Å². The van der Waals surface area contributed by atoms with E-state index in [1.165, 1.54) is 11.8 Å². The molecule has 12 heteroatoms. The van der Waals surface area contributed by atoms with E-state index in [0.717, 1.165) is 35.2 Å². The van der Waals surface area contributed by atoms with Crippen LogP contribution < -0.4 is 15.2 Å². The highest BCUT2D eigenvalue weighted by atomic mass is 79.9. The third-order valence-corrected chi connectivity index (χ3v) is 8.87. The Morgan fingerprint density at radius 2 is 1.89 bits per heavy atom. The molecule has 1 aromatic carbocycles. The van der Waals surface area contributed by atoms with E-state index in [4.69, 9.17) is 20.2 Å². The van der Waals surface area contributed by atoms with Crippen molar-refractivity contribution in [2.75, 3.05) is 32.0 Å². The molecule has 0 saturated carbocycles. The Morgan fingerprint density at radius 1 is 1.21 bits per heavy atom. The van der Waals surface area contributed by atoms with Crippen LogP contribution in [0.3, 0.4) is 0 Å². The van der Waals surface area contributed by atoms with E-state index in [0.29, 0.717) is 66.2 Å². The van der Waals surface area contributed by atoms with Crippen molar-refractivity contribution in [1.29, 1.82) is 0 Å². The van der Waals surface area contributed by atoms with Crippen LogP contribution in [-0.4, -0.2) is 67.8 Å². The van der Waals surface area contributed by atoms with Gasteiger partial charge < -0.3 is 29.8 Å². The summed E-state index contributed by atoms with van der Waals surface area (Å²) in [4.78, 5) is 29.2. The Morgan fingerprint density at radius 3 is 2.58 bits per heavy atom. The summed E-state index contributed by atoms with van der Waals surface area (Å²) in [5.74, 6) is 2.77. The average Bonchev–Trinajstić information content (AvgIpc) is 3.32. The predicted octanol–water partition coefficient (Wildman–Crippen LogP) is 4.08. The molecule has 3 N–H and O–H groups in total. The SMILES string of the molecule is CC(C)(C)[C@H](O)C(=O)N1CCC(CCn2cnc(N)c3nc(Sc4cc5c(cc4Br)OCCO5)nc2-3)CC1. The summed E-state index contributed by atoms with van der Waals surface area (Å²) in [6.07, 6.45) is 3.48. The van der Waals surface area contributed by atoms with Crippen LogP contribution in [-0.2, 0) is 11.3 Å². The van der Waals surface area contributed by atoms with Gasteiger partial charge in [0.05, 0.1) is 6.33 Å². The second-order valence-corrected chi connectivity index (χ2v) is 12.7. The number of hydrogen-bond donors (Lipinski definition) is 2. The number of amides is 1. The number of carbonyl (C=O) groups excluding carboxylic acids is 1. The van der Waals surface area contributed by atoms with Crippen molar-refractivity contribution in [3.05, 3.63) is 22.9 Å². The smallest absolute Gasteiger partial charge is 0.251 e. The lowest BCUT2D eigenvalue weighted by molar-refractivity contribution is -0.147. The molecule has 4 aliphatic rings. The van der Waals surface area contributed by atoms with Gasteiger partial charge in [0.2, 0.25) is 0 Å². The number of aryl methyl sites for hydroxylation is 1. The highest BCUT2D eigenvalue weighted by Crippen LogP contribution is 2.42. The van der Waals surface area contributed by atoms with Crippen LogP contribution in [0.4, 0.5) is 5.82 Å². The highest BCUT2D eigenvalue weighted by molar-refractivity contribution is 9.10. The van der Waals surface area contributed by atoms with E-state index in [-0.39, 0.29) is 5.91 Å². The normalized spacial score (nSPS) is 17.1. The van der Waals surface area contributed by atoms with Gasteiger partial charge in [-0.05, 0) is 70.4 Å². The number of benzene rings is 1. The van der Waals surface area contributed by atoms with Gasteiger partial charge in [-0.2, -0.15) is 0 Å². The molecule has 0 bridgehead atoms. The van der Waals surface area contributed by atoms with Crippen molar-refractivity contribution in [1.82, 2.24) is 24.4 Å². The first kappa shape index (κ1) is 27.0. The van der Waals surface area contributed by atoms with Gasteiger partial charge in [0.1, 0.15) is 19.3 Å². The molecule has 0 aromatic heterocycles. The minimum absolute atomic E-state index is 0.170. The largest absolute Gasteiger partial charge is 0.486 e. The van der Waals surface area contributed by atoms with Gasteiger partial charge in [0.15, 0.2) is 34.0 Å². The fourth-order valence-electron chi connectivity index (χ4n) is 4.67. The monoisotopic (exact) mass is 604 g/mol. The standard InChI is InChI=1S/C26H33BrN6O4S/c1-26(2,3)21(34)24(35)32-7-4-15(5-8-32)6-9-33-14-29-22(28)20-23(33)31-25(30-20)38-19-13-18-17(12-16(19)27)36-10-11-37-18/h12-15,21,34H,4-11,28H2,1-3H3/t21-/m1/s1. The molecule has 1 aromatic rings. The molecule has 4 aliphatic heterocycles. The van der Waals surface area contributed by atoms with Crippen LogP contribution in [0.1, 0.15) is 40.0 Å². The first-order valence-electron chi connectivity index (χ1n) is 12.8. The number of nitrogen functional groups attached to an aromatic ring is 1. The number of ether oxygens (including phenoxy) is 2. The Bertz CT molecular complexity index is 1290. The van der Waals surface area contributed by atoms with E-state index >= 15 is 0 Å². The third-order valence-electron chi connectivity index (χ3n) is 7.03. The van der Waals surface area contributed by atoms with Gasteiger partial charge in [-0.15, -0.1) is 0 Å². The number of halogens is 1. The molecule has 0 aliphatic carbocycles. The van der Waals surface area contributed by atoms with Crippen LogP contribution in [0, 0.1) is 11.3 Å². The van der Waals surface area contributed by atoms with E-state index in [1.54, 1.807) is 11.2 Å². The molecule has 1 fully saturated rings. The van der Waals surface area contributed by atoms with Crippen molar-refractivity contribution in [2.24, 2.45) is 11.3 Å². The van der Waals surface area contributed by atoms with Crippen molar-refractivity contribution in [3.63, 3.8) is 0 Å². The number of carbonyl (C=O) groups is 1. The van der Waals surface area contributed by atoms with Gasteiger partial charge in [-0.1, -0.05) is 20.8 Å². The highest BCUT2D eigenvalue weighted by Gasteiger charge is 2.34. The zero-order valence-electron chi connectivity index (χ0n) is 21.8. The van der Waals surface area contributed by atoms with Gasteiger partial charge >= 0.3 is 0 Å². The maximum atomic E-state index is 12.7. The number of rotatable bonds is 6. The number of nitrogens with zero attached hydrogens (tertiary/aromatic N) is 5. The van der Waals surface area contributed by atoms with E-state index in [2.05, 4.69) is 25.9 Å². The number of aromatic nitrogens is 4. The number of likely N-dealkylation sites (tertiary alicyclic amines) is 1. The molecule has 4 heterocycles. The minimum atomic E-state index is -0.977. The lowest BCUT2D eigenvalue weighted by atomic mass is 9.87. The summed E-state index contributed by atoms with van der Waals surface area (Å²) in [5.41, 5.74) is 6.27. The number of aliphatic hydroxyl groups is 1. The maximum absolute atomic E-state index is 12.7. The molecule has 1 amide bonds. The third kappa shape index (κ3) is 5.72. The summed E-state index contributed by atoms with van der Waals surface area (Å²) in [7, 11) is 0. The number of nitrogens with two attached hydrogens (primary N) is 1. The lowest BCUT2D eigenvalue weighted by Gasteiger charge is -2.36. The summed E-state index contributed by atoms with van der Waals surface area (Å²) in [6.45, 7) is 8.75. The van der Waals surface area contributed by atoms with Gasteiger partial charge in [-0.25, -0.2) is 15.0 Å². The summed E-state index contributed by atoms with van der Waals surface area (Å²) < 4.78 is 14.3. The van der Waals surface area contributed by atoms with E-state index in [9.17, 15) is 9.90 Å². The molecule has 1 saturated heterocycles. The minimum Gasteiger partial charge on any atom is -0.486 e. The first-order chi connectivity index (χ1) is 18.1. The zero-order valence-corrected chi connectivity index (χ0v) is 24.2. The Hall–Kier alpha value is -2.57.